The van der Waals surface area contributed by atoms with Gasteiger partial charge in [-0.3, -0.25) is 0 Å². The summed E-state index contributed by atoms with van der Waals surface area (Å²) in [6.07, 6.45) is 3.09. The molecule has 122 valence electrons. The van der Waals surface area contributed by atoms with E-state index < -0.39 is 5.82 Å². The minimum atomic E-state index is -0.453. The lowest BCUT2D eigenvalue weighted by Gasteiger charge is -2.33. The van der Waals surface area contributed by atoms with E-state index in [-0.39, 0.29) is 17.8 Å². The van der Waals surface area contributed by atoms with Gasteiger partial charge in [0.05, 0.1) is 18.5 Å². The van der Waals surface area contributed by atoms with Crippen LogP contribution in [0.4, 0.5) is 14.9 Å². The summed E-state index contributed by atoms with van der Waals surface area (Å²) >= 11 is 0. The zero-order valence-electron chi connectivity index (χ0n) is 12.7. The second kappa shape index (κ2) is 7.28. The number of urea groups is 1. The Morgan fingerprint density at radius 1 is 1.22 bits per heavy atom. The fourth-order valence-electron chi connectivity index (χ4n) is 2.68. The topological polar surface area (TPSA) is 54.7 Å². The summed E-state index contributed by atoms with van der Waals surface area (Å²) in [5, 5.41) is 2.65. The number of benzene rings is 1. The number of hydrogen-bond acceptors (Lipinski definition) is 3. The predicted molar refractivity (Wildman–Crippen MR) is 83.5 cm³/mol. The first-order valence-electron chi connectivity index (χ1n) is 7.66. The highest BCUT2D eigenvalue weighted by Crippen LogP contribution is 2.20. The van der Waals surface area contributed by atoms with Gasteiger partial charge in [-0.1, -0.05) is 12.1 Å². The first kappa shape index (κ1) is 15.6. The van der Waals surface area contributed by atoms with Crippen LogP contribution in [0.15, 0.2) is 47.1 Å². The van der Waals surface area contributed by atoms with Crippen molar-refractivity contribution in [2.45, 2.75) is 25.4 Å². The van der Waals surface area contributed by atoms with Crippen LogP contribution in [-0.2, 0) is 11.3 Å². The summed E-state index contributed by atoms with van der Waals surface area (Å²) in [6.45, 7) is 1.58. The first-order valence-corrected chi connectivity index (χ1v) is 7.66. The van der Waals surface area contributed by atoms with Crippen LogP contribution in [0, 0.1) is 5.82 Å². The summed E-state index contributed by atoms with van der Waals surface area (Å²) in [4.78, 5) is 14.3. The quantitative estimate of drug-likeness (QED) is 0.936. The molecule has 0 bridgehead atoms. The van der Waals surface area contributed by atoms with Gasteiger partial charge in [0.2, 0.25) is 0 Å². The van der Waals surface area contributed by atoms with E-state index in [4.69, 9.17) is 9.15 Å². The van der Waals surface area contributed by atoms with E-state index in [1.807, 2.05) is 6.07 Å². The Labute approximate surface area is 134 Å². The fraction of sp³-hybridized carbons (Fsp3) is 0.353. The van der Waals surface area contributed by atoms with Gasteiger partial charge in [-0.25, -0.2) is 9.18 Å². The number of nitrogens with zero attached hydrogens (tertiary/aromatic N) is 1. The van der Waals surface area contributed by atoms with Crippen molar-refractivity contribution in [3.8, 4) is 0 Å². The number of hydrogen-bond donors (Lipinski definition) is 1. The van der Waals surface area contributed by atoms with Crippen molar-refractivity contribution >= 4 is 11.7 Å². The second-order valence-electron chi connectivity index (χ2n) is 5.46. The van der Waals surface area contributed by atoms with Crippen molar-refractivity contribution in [1.29, 1.82) is 0 Å². The smallest absolute Gasteiger partial charge is 0.322 e. The Balaban J connectivity index is 1.76. The maximum absolute atomic E-state index is 13.8. The molecule has 0 saturated carbocycles. The molecule has 1 N–H and O–H groups in total. The zero-order chi connectivity index (χ0) is 16.1. The average molecular weight is 318 g/mol. The first-order chi connectivity index (χ1) is 11.2. The van der Waals surface area contributed by atoms with Crippen LogP contribution in [0.1, 0.15) is 18.6 Å². The molecule has 2 aromatic rings. The van der Waals surface area contributed by atoms with Gasteiger partial charge in [-0.2, -0.15) is 0 Å². The molecule has 3 rings (SSSR count). The molecule has 1 fully saturated rings. The highest BCUT2D eigenvalue weighted by atomic mass is 19.1. The molecule has 1 aliphatic heterocycles. The molecule has 1 aromatic carbocycles. The van der Waals surface area contributed by atoms with E-state index in [0.717, 1.165) is 12.8 Å². The third kappa shape index (κ3) is 3.90. The fourth-order valence-corrected chi connectivity index (χ4v) is 2.68. The van der Waals surface area contributed by atoms with E-state index in [2.05, 4.69) is 5.32 Å². The third-order valence-electron chi connectivity index (χ3n) is 3.91. The van der Waals surface area contributed by atoms with Crippen molar-refractivity contribution < 1.29 is 18.3 Å². The number of amides is 2. The Kier molecular flexibility index (Phi) is 4.92. The minimum absolute atomic E-state index is 0.0422. The monoisotopic (exact) mass is 318 g/mol. The van der Waals surface area contributed by atoms with Crippen molar-refractivity contribution in [3.05, 3.63) is 54.2 Å². The van der Waals surface area contributed by atoms with Crippen LogP contribution in [0.2, 0.25) is 0 Å². The molecule has 1 saturated heterocycles. The summed E-state index contributed by atoms with van der Waals surface area (Å²) in [5.74, 6) is 0.242. The second-order valence-corrected chi connectivity index (χ2v) is 5.46. The summed E-state index contributed by atoms with van der Waals surface area (Å²) in [7, 11) is 0. The van der Waals surface area contributed by atoms with Crippen LogP contribution in [0.3, 0.4) is 0 Å². The largest absolute Gasteiger partial charge is 0.467 e. The van der Waals surface area contributed by atoms with Gasteiger partial charge in [-0.15, -0.1) is 0 Å². The van der Waals surface area contributed by atoms with Crippen molar-refractivity contribution in [1.82, 2.24) is 4.90 Å². The number of halogens is 1. The van der Waals surface area contributed by atoms with Gasteiger partial charge in [0, 0.05) is 19.3 Å². The van der Waals surface area contributed by atoms with E-state index in [1.54, 1.807) is 35.4 Å². The van der Waals surface area contributed by atoms with Gasteiger partial charge in [-0.05, 0) is 37.1 Å². The minimum Gasteiger partial charge on any atom is -0.467 e. The van der Waals surface area contributed by atoms with E-state index in [1.165, 1.54) is 6.07 Å². The van der Waals surface area contributed by atoms with E-state index >= 15 is 0 Å². The highest BCUT2D eigenvalue weighted by Gasteiger charge is 2.27. The summed E-state index contributed by atoms with van der Waals surface area (Å²) in [6, 6.07) is 9.45. The normalized spacial score (nSPS) is 15.3. The molecular formula is C17H19FN2O3. The molecule has 2 heterocycles. The molecule has 5 nitrogen and oxygen atoms in total. The molecule has 0 radical (unpaired) electrons. The van der Waals surface area contributed by atoms with Crippen molar-refractivity contribution in [2.24, 2.45) is 0 Å². The van der Waals surface area contributed by atoms with Crippen LogP contribution in [-0.4, -0.2) is 30.2 Å². The van der Waals surface area contributed by atoms with E-state index in [9.17, 15) is 9.18 Å². The van der Waals surface area contributed by atoms with Gasteiger partial charge in [0.15, 0.2) is 0 Å². The van der Waals surface area contributed by atoms with Crippen molar-refractivity contribution in [3.63, 3.8) is 0 Å². The van der Waals surface area contributed by atoms with Gasteiger partial charge < -0.3 is 19.4 Å². The van der Waals surface area contributed by atoms with Gasteiger partial charge >= 0.3 is 6.03 Å². The molecular weight excluding hydrogens is 299 g/mol. The third-order valence-corrected chi connectivity index (χ3v) is 3.91. The lowest BCUT2D eigenvalue weighted by Crippen LogP contribution is -2.45. The average Bonchev–Trinajstić information content (AvgIpc) is 3.09. The SMILES string of the molecule is O=C(Nc1ccccc1F)N(Cc1ccco1)C1CCOCC1. The number of nitrogens with one attached hydrogen (secondary N) is 1. The number of anilines is 1. The van der Waals surface area contributed by atoms with Crippen LogP contribution >= 0.6 is 0 Å². The van der Waals surface area contributed by atoms with Gasteiger partial charge in [0.1, 0.15) is 11.6 Å². The van der Waals surface area contributed by atoms with Crippen LogP contribution < -0.4 is 5.32 Å². The summed E-state index contributed by atoms with van der Waals surface area (Å²) < 4.78 is 24.5. The molecule has 0 spiro atoms. The Morgan fingerprint density at radius 3 is 2.70 bits per heavy atom. The molecule has 0 aliphatic carbocycles. The highest BCUT2D eigenvalue weighted by molar-refractivity contribution is 5.89. The molecule has 2 amide bonds. The molecule has 6 heteroatoms. The number of carbonyl (C=O) groups is 1. The van der Waals surface area contributed by atoms with E-state index in [0.29, 0.717) is 25.5 Å². The Morgan fingerprint density at radius 2 is 2.00 bits per heavy atom. The molecule has 1 aromatic heterocycles. The standard InChI is InChI=1S/C17H19FN2O3/c18-15-5-1-2-6-16(15)19-17(21)20(12-14-4-3-9-23-14)13-7-10-22-11-8-13/h1-6,9,13H,7-8,10-12H2,(H,19,21). The number of carbonyl (C=O) groups excluding carboxylic acids is 1. The predicted octanol–water partition coefficient (Wildman–Crippen LogP) is 3.63. The number of furan rings is 1. The van der Waals surface area contributed by atoms with Gasteiger partial charge in [0.25, 0.3) is 0 Å². The molecule has 0 unspecified atom stereocenters. The molecule has 23 heavy (non-hydrogen) atoms. The maximum atomic E-state index is 13.8. The molecule has 0 atom stereocenters. The van der Waals surface area contributed by atoms with Crippen molar-refractivity contribution in [2.75, 3.05) is 18.5 Å². The zero-order valence-corrected chi connectivity index (χ0v) is 12.7. The van der Waals surface area contributed by atoms with Crippen LogP contribution in [0.5, 0.6) is 0 Å². The lowest BCUT2D eigenvalue weighted by atomic mass is 10.1. The molecule has 1 aliphatic rings. The number of para-hydroxylation sites is 1. The Bertz CT molecular complexity index is 639. The van der Waals surface area contributed by atoms with Crippen LogP contribution in [0.25, 0.3) is 0 Å². The number of ether oxygens (including phenoxy) is 1. The Hall–Kier alpha value is -2.34. The lowest BCUT2D eigenvalue weighted by molar-refractivity contribution is 0.0443. The summed E-state index contributed by atoms with van der Waals surface area (Å²) in [5.41, 5.74) is 0.175. The number of rotatable bonds is 4. The maximum Gasteiger partial charge on any atom is 0.322 e.